The van der Waals surface area contributed by atoms with Gasteiger partial charge in [0.25, 0.3) is 15.9 Å². The molecule has 2 aromatic heterocycles. The highest BCUT2D eigenvalue weighted by molar-refractivity contribution is 7.92. The van der Waals surface area contributed by atoms with Crippen molar-refractivity contribution in [2.45, 2.75) is 37.5 Å². The van der Waals surface area contributed by atoms with Crippen LogP contribution >= 0.6 is 0 Å². The van der Waals surface area contributed by atoms with E-state index in [0.29, 0.717) is 23.3 Å². The zero-order valence-electron chi connectivity index (χ0n) is 21.4. The van der Waals surface area contributed by atoms with Crippen molar-refractivity contribution in [2.75, 3.05) is 15.8 Å². The van der Waals surface area contributed by atoms with Gasteiger partial charge in [0.15, 0.2) is 11.5 Å². The fourth-order valence-corrected chi connectivity index (χ4v) is 6.91. The van der Waals surface area contributed by atoms with Crippen LogP contribution in [-0.2, 0) is 26.5 Å². The highest BCUT2D eigenvalue weighted by atomic mass is 32.2. The maximum Gasteiger partial charge on any atom is 0.269 e. The minimum Gasteiger partial charge on any atom is -0.320 e. The molecule has 2 N–H and O–H groups in total. The van der Waals surface area contributed by atoms with E-state index in [0.717, 1.165) is 28.9 Å². The van der Waals surface area contributed by atoms with E-state index >= 15 is 4.39 Å². The maximum atomic E-state index is 15.1. The third-order valence-corrected chi connectivity index (χ3v) is 9.66. The van der Waals surface area contributed by atoms with Crippen LogP contribution in [0.1, 0.15) is 42.1 Å². The van der Waals surface area contributed by atoms with Gasteiger partial charge in [0, 0.05) is 11.6 Å². The third-order valence-electron chi connectivity index (χ3n) is 6.51. The topological polar surface area (TPSA) is 127 Å². The first-order valence-corrected chi connectivity index (χ1v) is 15.7. The molecular weight excluding hydrogens is 562 g/mol. The summed E-state index contributed by atoms with van der Waals surface area (Å²) in [7, 11) is -7.85. The number of nitrogens with one attached hydrogen (secondary N) is 2. The Hall–Kier alpha value is -3.84. The van der Waals surface area contributed by atoms with Gasteiger partial charge in [0.05, 0.1) is 28.2 Å². The second-order valence-electron chi connectivity index (χ2n) is 9.67. The highest BCUT2D eigenvalue weighted by Crippen LogP contribution is 2.36. The van der Waals surface area contributed by atoms with E-state index in [1.165, 1.54) is 30.6 Å². The van der Waals surface area contributed by atoms with Crippen LogP contribution in [0.2, 0.25) is 0 Å². The molecule has 0 unspecified atom stereocenters. The average Bonchev–Trinajstić information content (AvgIpc) is 3.65. The molecule has 4 aromatic rings. The summed E-state index contributed by atoms with van der Waals surface area (Å²) >= 11 is 0. The lowest BCUT2D eigenvalue weighted by Crippen LogP contribution is -2.20. The van der Waals surface area contributed by atoms with Gasteiger partial charge in [0.2, 0.25) is 10.0 Å². The number of hydrogen-bond acceptors (Lipinski definition) is 6. The van der Waals surface area contributed by atoms with E-state index < -0.39 is 48.8 Å². The molecule has 1 amide bonds. The van der Waals surface area contributed by atoms with Crippen molar-refractivity contribution in [3.8, 4) is 0 Å². The second kappa shape index (κ2) is 10.6. The van der Waals surface area contributed by atoms with Crippen LogP contribution in [0.4, 0.5) is 20.2 Å². The number of fused-ring (bicyclic) bond motifs is 1. The van der Waals surface area contributed by atoms with Crippen LogP contribution in [0.25, 0.3) is 11.0 Å². The maximum absolute atomic E-state index is 15.1. The lowest BCUT2D eigenvalue weighted by atomic mass is 10.1. The first kappa shape index (κ1) is 27.7. The van der Waals surface area contributed by atoms with Gasteiger partial charge < -0.3 is 5.32 Å². The Morgan fingerprint density at radius 1 is 1.07 bits per heavy atom. The van der Waals surface area contributed by atoms with Crippen LogP contribution in [0.3, 0.4) is 0 Å². The standard InChI is InChI=1S/C27H26F2N4O5S2/c1-2-12-39(35,36)32-23-11-10-22(28)24(25(23)29)27(34)31-19-14-21-18(13-17-8-9-17)16-33(26(21)30-15-19)40(37,38)20-6-4-3-5-7-20/h3-7,10-11,14-17,32H,2,8-9,12-13H2,1H3,(H,31,34). The monoisotopic (exact) mass is 588 g/mol. The van der Waals surface area contributed by atoms with Gasteiger partial charge in [-0.2, -0.15) is 0 Å². The average molecular weight is 589 g/mol. The van der Waals surface area contributed by atoms with Crippen LogP contribution in [0.15, 0.2) is 65.8 Å². The minimum atomic E-state index is -3.96. The fraction of sp³-hybridized carbons (Fsp3) is 0.259. The van der Waals surface area contributed by atoms with E-state index in [1.807, 2.05) is 4.72 Å². The largest absolute Gasteiger partial charge is 0.320 e. The Bertz CT molecular complexity index is 1820. The van der Waals surface area contributed by atoms with Crippen LogP contribution in [0.5, 0.6) is 0 Å². The molecule has 1 fully saturated rings. The summed E-state index contributed by atoms with van der Waals surface area (Å²) in [6.45, 7) is 1.63. The van der Waals surface area contributed by atoms with Gasteiger partial charge in [-0.25, -0.2) is 34.6 Å². The lowest BCUT2D eigenvalue weighted by Gasteiger charge is -2.12. The van der Waals surface area contributed by atoms with E-state index in [9.17, 15) is 26.0 Å². The Morgan fingerprint density at radius 3 is 2.48 bits per heavy atom. The predicted molar refractivity (Wildman–Crippen MR) is 147 cm³/mol. The number of benzene rings is 2. The van der Waals surface area contributed by atoms with Crippen LogP contribution in [0, 0.1) is 17.6 Å². The number of anilines is 2. The molecule has 210 valence electrons. The lowest BCUT2D eigenvalue weighted by molar-refractivity contribution is 0.101. The van der Waals surface area contributed by atoms with Crippen LogP contribution < -0.4 is 10.0 Å². The summed E-state index contributed by atoms with van der Waals surface area (Å²) < 4.78 is 83.7. The summed E-state index contributed by atoms with van der Waals surface area (Å²) in [5, 5.41) is 2.88. The quantitative estimate of drug-likeness (QED) is 0.271. The first-order chi connectivity index (χ1) is 19.0. The van der Waals surface area contributed by atoms with Crippen molar-refractivity contribution in [2.24, 2.45) is 5.92 Å². The molecule has 13 heteroatoms. The molecule has 2 aromatic carbocycles. The number of halogens is 2. The molecule has 1 saturated carbocycles. The number of pyridine rings is 1. The fourth-order valence-electron chi connectivity index (χ4n) is 4.42. The van der Waals surface area contributed by atoms with Crippen molar-refractivity contribution < 1.29 is 30.4 Å². The summed E-state index contributed by atoms with van der Waals surface area (Å²) in [5.74, 6) is -3.58. The van der Waals surface area contributed by atoms with Gasteiger partial charge in [-0.15, -0.1) is 0 Å². The number of hydrogen-bond donors (Lipinski definition) is 2. The SMILES string of the molecule is CCCS(=O)(=O)Nc1ccc(F)c(C(=O)Nc2cnc3c(c2)c(CC2CC2)cn3S(=O)(=O)c2ccccc2)c1F. The third kappa shape index (κ3) is 5.56. The number of carbonyl (C=O) groups is 1. The Morgan fingerprint density at radius 2 is 1.80 bits per heavy atom. The number of rotatable bonds is 10. The normalized spacial score (nSPS) is 13.9. The van der Waals surface area contributed by atoms with E-state index in [4.69, 9.17) is 0 Å². The van der Waals surface area contributed by atoms with Gasteiger partial charge in [-0.1, -0.05) is 25.1 Å². The Labute approximate surface area is 230 Å². The zero-order valence-corrected chi connectivity index (χ0v) is 23.0. The van der Waals surface area contributed by atoms with Gasteiger partial charge in [0.1, 0.15) is 11.4 Å². The van der Waals surface area contributed by atoms with Crippen molar-refractivity contribution >= 4 is 48.4 Å². The number of nitrogens with zero attached hydrogens (tertiary/aromatic N) is 2. The molecule has 0 atom stereocenters. The first-order valence-electron chi connectivity index (χ1n) is 12.6. The van der Waals surface area contributed by atoms with Gasteiger partial charge >= 0.3 is 0 Å². The van der Waals surface area contributed by atoms with Gasteiger partial charge in [-0.3, -0.25) is 9.52 Å². The van der Waals surface area contributed by atoms with E-state index in [-0.39, 0.29) is 28.4 Å². The molecule has 40 heavy (non-hydrogen) atoms. The van der Waals surface area contributed by atoms with Crippen LogP contribution in [-0.4, -0.2) is 37.5 Å². The molecule has 0 aliphatic heterocycles. The molecule has 2 heterocycles. The Kier molecular flexibility index (Phi) is 7.36. The summed E-state index contributed by atoms with van der Waals surface area (Å²) in [6.07, 6.45) is 5.63. The molecule has 0 spiro atoms. The molecule has 1 aliphatic rings. The highest BCUT2D eigenvalue weighted by Gasteiger charge is 2.28. The summed E-state index contributed by atoms with van der Waals surface area (Å²) in [4.78, 5) is 17.3. The zero-order chi connectivity index (χ0) is 28.7. The Balaban J connectivity index is 1.50. The van der Waals surface area contributed by atoms with Gasteiger partial charge in [-0.05, 0) is 67.5 Å². The van der Waals surface area contributed by atoms with Crippen molar-refractivity contribution in [1.82, 2.24) is 8.96 Å². The second-order valence-corrected chi connectivity index (χ2v) is 13.3. The van der Waals surface area contributed by atoms with Crippen molar-refractivity contribution in [1.29, 1.82) is 0 Å². The number of carbonyl (C=O) groups excluding carboxylic acids is 1. The molecule has 0 saturated heterocycles. The molecule has 9 nitrogen and oxygen atoms in total. The summed E-state index contributed by atoms with van der Waals surface area (Å²) in [6, 6.07) is 11.1. The van der Waals surface area contributed by atoms with Crippen molar-refractivity contribution in [3.63, 3.8) is 0 Å². The number of amides is 1. The molecule has 1 aliphatic carbocycles. The van der Waals surface area contributed by atoms with E-state index in [1.54, 1.807) is 25.1 Å². The van der Waals surface area contributed by atoms with Crippen molar-refractivity contribution in [3.05, 3.63) is 83.7 Å². The minimum absolute atomic E-state index is 0.0835. The molecule has 0 bridgehead atoms. The predicted octanol–water partition coefficient (Wildman–Crippen LogP) is 4.91. The number of aromatic nitrogens is 2. The summed E-state index contributed by atoms with van der Waals surface area (Å²) in [5.41, 5.74) is -0.574. The van der Waals surface area contributed by atoms with E-state index in [2.05, 4.69) is 10.3 Å². The molecule has 5 rings (SSSR count). The smallest absolute Gasteiger partial charge is 0.269 e. The molecule has 0 radical (unpaired) electrons. The molecular formula is C27H26F2N4O5S2. The number of sulfonamides is 1.